The highest BCUT2D eigenvalue weighted by molar-refractivity contribution is 6.28. The first-order valence-corrected chi connectivity index (χ1v) is 5.87. The molecule has 1 aliphatic rings. The highest BCUT2D eigenvalue weighted by Gasteiger charge is 2.34. The molecule has 2 aromatic rings. The summed E-state index contributed by atoms with van der Waals surface area (Å²) in [6.07, 6.45) is 4.26. The Hall–Kier alpha value is -1.40. The Balaban J connectivity index is 1.86. The summed E-state index contributed by atoms with van der Waals surface area (Å²) in [5.74, 6) is 0.581. The zero-order valence-electron chi connectivity index (χ0n) is 9.07. The largest absolute Gasteiger partial charge is 0.388 e. The van der Waals surface area contributed by atoms with Gasteiger partial charge < -0.3 is 15.4 Å². The molecule has 0 spiro atoms. The van der Waals surface area contributed by atoms with Gasteiger partial charge in [-0.3, -0.25) is 0 Å². The van der Waals surface area contributed by atoms with Crippen LogP contribution >= 0.6 is 11.6 Å². The van der Waals surface area contributed by atoms with Crippen molar-refractivity contribution in [2.75, 3.05) is 11.9 Å². The first-order chi connectivity index (χ1) is 8.16. The molecule has 7 heteroatoms. The van der Waals surface area contributed by atoms with Crippen LogP contribution in [0.4, 0.5) is 5.82 Å². The van der Waals surface area contributed by atoms with E-state index in [1.807, 2.05) is 0 Å². The number of hydrogen-bond acceptors (Lipinski definition) is 5. The lowest BCUT2D eigenvalue weighted by Gasteiger charge is -2.36. The Morgan fingerprint density at radius 2 is 2.29 bits per heavy atom. The molecule has 0 atom stereocenters. The minimum atomic E-state index is -0.607. The number of hydrogen-bond donors (Lipinski definition) is 3. The highest BCUT2D eigenvalue weighted by Crippen LogP contribution is 2.32. The maximum atomic E-state index is 10.00. The Morgan fingerprint density at radius 3 is 3.00 bits per heavy atom. The standard InChI is InChI=1S/C10H12ClN5O/c11-9-15-7(6-8(16-9)14-5-13-6)12-4-10(17)2-1-3-10/h5,17H,1-4H2,(H2,12,13,14,15,16). The number of anilines is 1. The third-order valence-corrected chi connectivity index (χ3v) is 3.30. The van der Waals surface area contributed by atoms with Crippen LogP contribution in [0.15, 0.2) is 6.33 Å². The second kappa shape index (κ2) is 3.82. The molecule has 17 heavy (non-hydrogen) atoms. The molecule has 90 valence electrons. The molecule has 0 aromatic carbocycles. The smallest absolute Gasteiger partial charge is 0.226 e. The normalized spacial score (nSPS) is 18.0. The summed E-state index contributed by atoms with van der Waals surface area (Å²) < 4.78 is 0. The van der Waals surface area contributed by atoms with Gasteiger partial charge in [0.15, 0.2) is 11.5 Å². The highest BCUT2D eigenvalue weighted by atomic mass is 35.5. The van der Waals surface area contributed by atoms with Gasteiger partial charge in [0.2, 0.25) is 5.28 Å². The van der Waals surface area contributed by atoms with E-state index >= 15 is 0 Å². The minimum Gasteiger partial charge on any atom is -0.388 e. The predicted molar refractivity (Wildman–Crippen MR) is 64.0 cm³/mol. The summed E-state index contributed by atoms with van der Waals surface area (Å²) in [6, 6.07) is 0. The summed E-state index contributed by atoms with van der Waals surface area (Å²) in [5, 5.41) is 13.2. The van der Waals surface area contributed by atoms with E-state index in [4.69, 9.17) is 11.6 Å². The molecule has 3 N–H and O–H groups in total. The number of aromatic nitrogens is 4. The van der Waals surface area contributed by atoms with Gasteiger partial charge in [0.05, 0.1) is 11.9 Å². The summed E-state index contributed by atoms with van der Waals surface area (Å²) in [5.41, 5.74) is 0.620. The third-order valence-electron chi connectivity index (χ3n) is 3.13. The quantitative estimate of drug-likeness (QED) is 0.719. The van der Waals surface area contributed by atoms with Crippen LogP contribution in [0.1, 0.15) is 19.3 Å². The topological polar surface area (TPSA) is 86.7 Å². The fourth-order valence-electron chi connectivity index (χ4n) is 1.94. The first-order valence-electron chi connectivity index (χ1n) is 5.49. The molecule has 0 radical (unpaired) electrons. The Bertz CT molecular complexity index is 551. The van der Waals surface area contributed by atoms with Crippen molar-refractivity contribution >= 4 is 28.6 Å². The van der Waals surface area contributed by atoms with Crippen molar-refractivity contribution in [3.63, 3.8) is 0 Å². The maximum Gasteiger partial charge on any atom is 0.226 e. The zero-order valence-corrected chi connectivity index (χ0v) is 9.83. The monoisotopic (exact) mass is 253 g/mol. The van der Waals surface area contributed by atoms with Crippen LogP contribution < -0.4 is 5.32 Å². The van der Waals surface area contributed by atoms with Crippen LogP contribution in [0.3, 0.4) is 0 Å². The minimum absolute atomic E-state index is 0.146. The van der Waals surface area contributed by atoms with E-state index in [-0.39, 0.29) is 5.28 Å². The molecule has 0 saturated heterocycles. The summed E-state index contributed by atoms with van der Waals surface area (Å²) in [6.45, 7) is 0.467. The van der Waals surface area contributed by atoms with Crippen LogP contribution in [0.2, 0.25) is 5.28 Å². The Labute approximate surface area is 102 Å². The summed E-state index contributed by atoms with van der Waals surface area (Å²) in [4.78, 5) is 15.1. The number of halogens is 1. The SMILES string of the molecule is OC1(CNc2nc(Cl)nc3nc[nH]c23)CCC1. The number of nitrogens with one attached hydrogen (secondary N) is 2. The van der Waals surface area contributed by atoms with Gasteiger partial charge in [-0.2, -0.15) is 9.97 Å². The average Bonchev–Trinajstić information content (AvgIpc) is 2.71. The van der Waals surface area contributed by atoms with Gasteiger partial charge in [-0.15, -0.1) is 0 Å². The molecule has 0 amide bonds. The fourth-order valence-corrected chi connectivity index (χ4v) is 2.11. The fraction of sp³-hybridized carbons (Fsp3) is 0.500. The van der Waals surface area contributed by atoms with E-state index in [1.165, 1.54) is 0 Å². The molecule has 2 aromatic heterocycles. The maximum absolute atomic E-state index is 10.00. The van der Waals surface area contributed by atoms with Gasteiger partial charge in [-0.05, 0) is 30.9 Å². The van der Waals surface area contributed by atoms with Gasteiger partial charge in [0.25, 0.3) is 0 Å². The van der Waals surface area contributed by atoms with Gasteiger partial charge in [0, 0.05) is 6.54 Å². The number of aromatic amines is 1. The number of imidazole rings is 1. The van der Waals surface area contributed by atoms with Crippen LogP contribution in [0.25, 0.3) is 11.2 Å². The summed E-state index contributed by atoms with van der Waals surface area (Å²) >= 11 is 5.80. The van der Waals surface area contributed by atoms with Crippen molar-refractivity contribution < 1.29 is 5.11 Å². The number of H-pyrrole nitrogens is 1. The van der Waals surface area contributed by atoms with E-state index in [2.05, 4.69) is 25.3 Å². The van der Waals surface area contributed by atoms with Crippen molar-refractivity contribution in [1.29, 1.82) is 0 Å². The molecule has 1 fully saturated rings. The lowest BCUT2D eigenvalue weighted by Crippen LogP contribution is -2.43. The van der Waals surface area contributed by atoms with E-state index in [0.29, 0.717) is 23.5 Å². The second-order valence-electron chi connectivity index (χ2n) is 4.37. The van der Waals surface area contributed by atoms with Crippen molar-refractivity contribution in [2.24, 2.45) is 0 Å². The van der Waals surface area contributed by atoms with Crippen molar-refractivity contribution in [2.45, 2.75) is 24.9 Å². The molecule has 0 aliphatic heterocycles. The first kappa shape index (κ1) is 10.7. The van der Waals surface area contributed by atoms with Gasteiger partial charge in [-0.25, -0.2) is 4.98 Å². The molecular weight excluding hydrogens is 242 g/mol. The molecule has 1 aliphatic carbocycles. The van der Waals surface area contributed by atoms with Gasteiger partial charge >= 0.3 is 0 Å². The van der Waals surface area contributed by atoms with E-state index < -0.39 is 5.60 Å². The Morgan fingerprint density at radius 1 is 1.47 bits per heavy atom. The van der Waals surface area contributed by atoms with E-state index in [1.54, 1.807) is 6.33 Å². The molecular formula is C10H12ClN5O. The lowest BCUT2D eigenvalue weighted by atomic mass is 9.80. The van der Waals surface area contributed by atoms with Crippen molar-refractivity contribution in [1.82, 2.24) is 19.9 Å². The molecule has 2 heterocycles. The van der Waals surface area contributed by atoms with Gasteiger partial charge in [0.1, 0.15) is 5.52 Å². The molecule has 6 nitrogen and oxygen atoms in total. The van der Waals surface area contributed by atoms with Crippen LogP contribution in [-0.2, 0) is 0 Å². The van der Waals surface area contributed by atoms with Crippen LogP contribution in [-0.4, -0.2) is 37.2 Å². The van der Waals surface area contributed by atoms with Crippen molar-refractivity contribution in [3.05, 3.63) is 11.6 Å². The molecule has 0 unspecified atom stereocenters. The Kier molecular flexibility index (Phi) is 2.41. The predicted octanol–water partition coefficient (Wildman–Crippen LogP) is 1.33. The molecule has 1 saturated carbocycles. The second-order valence-corrected chi connectivity index (χ2v) is 4.71. The van der Waals surface area contributed by atoms with E-state index in [9.17, 15) is 5.11 Å². The van der Waals surface area contributed by atoms with Crippen molar-refractivity contribution in [3.8, 4) is 0 Å². The lowest BCUT2D eigenvalue weighted by molar-refractivity contribution is -0.0202. The summed E-state index contributed by atoms with van der Waals surface area (Å²) in [7, 11) is 0. The van der Waals surface area contributed by atoms with E-state index in [0.717, 1.165) is 19.3 Å². The third kappa shape index (κ3) is 1.94. The zero-order chi connectivity index (χ0) is 11.9. The molecule has 3 rings (SSSR count). The number of nitrogens with zero attached hydrogens (tertiary/aromatic N) is 3. The number of rotatable bonds is 3. The number of aliphatic hydroxyl groups is 1. The van der Waals surface area contributed by atoms with Gasteiger partial charge in [-0.1, -0.05) is 0 Å². The van der Waals surface area contributed by atoms with Crippen LogP contribution in [0, 0.1) is 0 Å². The number of fused-ring (bicyclic) bond motifs is 1. The molecule has 0 bridgehead atoms. The van der Waals surface area contributed by atoms with Crippen LogP contribution in [0.5, 0.6) is 0 Å². The average molecular weight is 254 g/mol.